The van der Waals surface area contributed by atoms with E-state index in [0.717, 1.165) is 23.2 Å². The summed E-state index contributed by atoms with van der Waals surface area (Å²) in [5.74, 6) is -0.335. The minimum Gasteiger partial charge on any atom is -0.366 e. The summed E-state index contributed by atoms with van der Waals surface area (Å²) in [5, 5.41) is 0. The molecule has 26 heavy (non-hydrogen) atoms. The van der Waals surface area contributed by atoms with Gasteiger partial charge >= 0.3 is 0 Å². The number of benzene rings is 2. The number of amides is 1. The molecule has 3 aromatic rings. The second-order valence-corrected chi connectivity index (χ2v) is 7.04. The van der Waals surface area contributed by atoms with Gasteiger partial charge in [-0.05, 0) is 42.9 Å². The number of nitrogens with two attached hydrogens (primary N) is 1. The molecule has 2 aromatic carbocycles. The van der Waals surface area contributed by atoms with Crippen molar-refractivity contribution in [3.8, 4) is 22.3 Å². The predicted molar refractivity (Wildman–Crippen MR) is 106 cm³/mol. The van der Waals surface area contributed by atoms with E-state index in [1.54, 1.807) is 0 Å². The highest BCUT2D eigenvalue weighted by Gasteiger charge is 2.32. The van der Waals surface area contributed by atoms with Crippen LogP contribution in [0.2, 0.25) is 0 Å². The standard InChI is InChI=1S/C23H24N2O/c1-3-20-22(21(23(24)26)15(2)25(20)19-13-14-19)18-11-9-17(10-12-18)16-7-5-4-6-8-16/h4-12,19H,3,13-14H2,1-2H3,(H2,24,26). The Hall–Kier alpha value is -2.81. The maximum atomic E-state index is 12.2. The Kier molecular flexibility index (Phi) is 4.15. The first-order valence-electron chi connectivity index (χ1n) is 9.31. The minimum atomic E-state index is -0.335. The van der Waals surface area contributed by atoms with Crippen molar-refractivity contribution >= 4 is 5.91 Å². The molecular weight excluding hydrogens is 320 g/mol. The highest BCUT2D eigenvalue weighted by atomic mass is 16.1. The molecule has 4 rings (SSSR count). The Balaban J connectivity index is 1.85. The van der Waals surface area contributed by atoms with Crippen molar-refractivity contribution < 1.29 is 4.79 Å². The predicted octanol–water partition coefficient (Wildman–Crippen LogP) is 5.13. The first kappa shape index (κ1) is 16.6. The Labute approximate surface area is 154 Å². The van der Waals surface area contributed by atoms with E-state index in [-0.39, 0.29) is 5.91 Å². The molecular formula is C23H24N2O. The van der Waals surface area contributed by atoms with Crippen LogP contribution in [-0.2, 0) is 6.42 Å². The van der Waals surface area contributed by atoms with E-state index in [1.165, 1.54) is 29.7 Å². The van der Waals surface area contributed by atoms with Gasteiger partial charge in [0.2, 0.25) is 0 Å². The Bertz CT molecular complexity index is 948. The third-order valence-corrected chi connectivity index (χ3v) is 5.33. The van der Waals surface area contributed by atoms with Crippen LogP contribution in [0, 0.1) is 6.92 Å². The lowest BCUT2D eigenvalue weighted by Crippen LogP contribution is -2.13. The van der Waals surface area contributed by atoms with Crippen LogP contribution in [0.1, 0.15) is 47.6 Å². The van der Waals surface area contributed by atoms with E-state index in [0.29, 0.717) is 11.6 Å². The summed E-state index contributed by atoms with van der Waals surface area (Å²) in [6.45, 7) is 4.18. The first-order valence-corrected chi connectivity index (χ1v) is 9.31. The second kappa shape index (κ2) is 6.49. The average Bonchev–Trinajstić information content (AvgIpc) is 3.45. The fourth-order valence-corrected chi connectivity index (χ4v) is 4.02. The largest absolute Gasteiger partial charge is 0.366 e. The fourth-order valence-electron chi connectivity index (χ4n) is 4.02. The van der Waals surface area contributed by atoms with Crippen molar-refractivity contribution in [3.63, 3.8) is 0 Å². The summed E-state index contributed by atoms with van der Waals surface area (Å²) < 4.78 is 2.35. The SMILES string of the molecule is CCc1c(-c2ccc(-c3ccccc3)cc2)c(C(N)=O)c(C)n1C1CC1. The van der Waals surface area contributed by atoms with Crippen molar-refractivity contribution in [1.82, 2.24) is 4.57 Å². The van der Waals surface area contributed by atoms with Gasteiger partial charge in [-0.15, -0.1) is 0 Å². The first-order chi connectivity index (χ1) is 12.6. The minimum absolute atomic E-state index is 0.335. The molecule has 0 saturated heterocycles. The molecule has 1 heterocycles. The van der Waals surface area contributed by atoms with Crippen LogP contribution >= 0.6 is 0 Å². The fraction of sp³-hybridized carbons (Fsp3) is 0.261. The van der Waals surface area contributed by atoms with Crippen molar-refractivity contribution in [2.24, 2.45) is 5.73 Å². The highest BCUT2D eigenvalue weighted by Crippen LogP contribution is 2.43. The van der Waals surface area contributed by atoms with Crippen molar-refractivity contribution in [2.75, 3.05) is 0 Å². The van der Waals surface area contributed by atoms with E-state index < -0.39 is 0 Å². The van der Waals surface area contributed by atoms with Crippen LogP contribution in [0.25, 0.3) is 22.3 Å². The van der Waals surface area contributed by atoms with Crippen LogP contribution in [0.5, 0.6) is 0 Å². The summed E-state index contributed by atoms with van der Waals surface area (Å²) in [7, 11) is 0. The molecule has 0 spiro atoms. The number of carbonyl (C=O) groups excluding carboxylic acids is 1. The molecule has 0 unspecified atom stereocenters. The van der Waals surface area contributed by atoms with Gasteiger partial charge in [0.15, 0.2) is 0 Å². The summed E-state index contributed by atoms with van der Waals surface area (Å²) in [6.07, 6.45) is 3.26. The van der Waals surface area contributed by atoms with Gasteiger partial charge in [0.25, 0.3) is 5.91 Å². The number of primary amides is 1. The molecule has 0 bridgehead atoms. The van der Waals surface area contributed by atoms with Gasteiger partial charge in [-0.1, -0.05) is 61.5 Å². The lowest BCUT2D eigenvalue weighted by Gasteiger charge is -2.11. The molecule has 0 radical (unpaired) electrons. The Morgan fingerprint density at radius 2 is 1.58 bits per heavy atom. The zero-order valence-corrected chi connectivity index (χ0v) is 15.3. The second-order valence-electron chi connectivity index (χ2n) is 7.04. The number of hydrogen-bond donors (Lipinski definition) is 1. The third-order valence-electron chi connectivity index (χ3n) is 5.33. The summed E-state index contributed by atoms with van der Waals surface area (Å²) in [5.41, 5.74) is 13.2. The topological polar surface area (TPSA) is 48.0 Å². The number of rotatable bonds is 5. The van der Waals surface area contributed by atoms with Gasteiger partial charge in [0.1, 0.15) is 0 Å². The molecule has 0 aliphatic heterocycles. The van der Waals surface area contributed by atoms with Gasteiger partial charge in [-0.3, -0.25) is 4.79 Å². The molecule has 1 aliphatic rings. The lowest BCUT2D eigenvalue weighted by molar-refractivity contribution is 0.1000. The molecule has 0 atom stereocenters. The molecule has 1 amide bonds. The third kappa shape index (κ3) is 2.74. The number of nitrogens with zero attached hydrogens (tertiary/aromatic N) is 1. The van der Waals surface area contributed by atoms with Crippen LogP contribution in [0.15, 0.2) is 54.6 Å². The number of carbonyl (C=O) groups is 1. The summed E-state index contributed by atoms with van der Waals surface area (Å²) >= 11 is 0. The monoisotopic (exact) mass is 344 g/mol. The van der Waals surface area contributed by atoms with E-state index in [1.807, 2.05) is 25.1 Å². The smallest absolute Gasteiger partial charge is 0.251 e. The maximum Gasteiger partial charge on any atom is 0.251 e. The lowest BCUT2D eigenvalue weighted by atomic mass is 9.96. The van der Waals surface area contributed by atoms with Gasteiger partial charge in [-0.25, -0.2) is 0 Å². The van der Waals surface area contributed by atoms with Gasteiger partial charge in [0.05, 0.1) is 5.56 Å². The molecule has 3 nitrogen and oxygen atoms in total. The van der Waals surface area contributed by atoms with Gasteiger partial charge in [-0.2, -0.15) is 0 Å². The zero-order chi connectivity index (χ0) is 18.3. The normalized spacial score (nSPS) is 13.8. The van der Waals surface area contributed by atoms with Crippen LogP contribution in [0.4, 0.5) is 0 Å². The van der Waals surface area contributed by atoms with Crippen molar-refractivity contribution in [3.05, 3.63) is 71.5 Å². The summed E-state index contributed by atoms with van der Waals surface area (Å²) in [6, 6.07) is 19.3. The number of hydrogen-bond acceptors (Lipinski definition) is 1. The van der Waals surface area contributed by atoms with E-state index in [2.05, 4.69) is 47.9 Å². The quantitative estimate of drug-likeness (QED) is 0.685. The van der Waals surface area contributed by atoms with Gasteiger partial charge < -0.3 is 10.3 Å². The highest BCUT2D eigenvalue weighted by molar-refractivity contribution is 6.02. The molecule has 132 valence electrons. The molecule has 1 fully saturated rings. The van der Waals surface area contributed by atoms with Crippen molar-refractivity contribution in [2.45, 2.75) is 39.2 Å². The summed E-state index contributed by atoms with van der Waals surface area (Å²) in [4.78, 5) is 12.2. The maximum absolute atomic E-state index is 12.2. The molecule has 3 heteroatoms. The molecule has 1 saturated carbocycles. The zero-order valence-electron chi connectivity index (χ0n) is 15.3. The van der Waals surface area contributed by atoms with E-state index in [9.17, 15) is 4.79 Å². The van der Waals surface area contributed by atoms with E-state index in [4.69, 9.17) is 5.73 Å². The molecule has 1 aliphatic carbocycles. The average molecular weight is 344 g/mol. The van der Waals surface area contributed by atoms with Gasteiger partial charge in [0, 0.05) is 23.0 Å². The molecule has 1 aromatic heterocycles. The Morgan fingerprint density at radius 1 is 1.00 bits per heavy atom. The Morgan fingerprint density at radius 3 is 2.12 bits per heavy atom. The van der Waals surface area contributed by atoms with Crippen LogP contribution in [0.3, 0.4) is 0 Å². The van der Waals surface area contributed by atoms with Crippen LogP contribution in [-0.4, -0.2) is 10.5 Å². The number of aromatic nitrogens is 1. The van der Waals surface area contributed by atoms with Crippen LogP contribution < -0.4 is 5.73 Å². The van der Waals surface area contributed by atoms with Crippen molar-refractivity contribution in [1.29, 1.82) is 0 Å². The molecule has 2 N–H and O–H groups in total. The van der Waals surface area contributed by atoms with E-state index >= 15 is 0 Å².